The van der Waals surface area contributed by atoms with Crippen LogP contribution < -0.4 is 4.90 Å². The summed E-state index contributed by atoms with van der Waals surface area (Å²) in [7, 11) is 0. The third-order valence-corrected chi connectivity index (χ3v) is 10.4. The van der Waals surface area contributed by atoms with Gasteiger partial charge in [0.2, 0.25) is 0 Å². The van der Waals surface area contributed by atoms with Gasteiger partial charge in [0.25, 0.3) is 0 Å². The van der Waals surface area contributed by atoms with E-state index >= 15 is 0 Å². The van der Waals surface area contributed by atoms with E-state index in [1.165, 1.54) is 71.3 Å². The molecule has 2 heteroatoms. The van der Waals surface area contributed by atoms with Gasteiger partial charge in [0, 0.05) is 32.9 Å². The molecule has 0 unspecified atom stereocenters. The molecule has 244 valence electrons. The molecule has 0 aliphatic carbocycles. The number of nitrogens with zero attached hydrogens (tertiary/aromatic N) is 2. The fraction of sp³-hybridized carbons (Fsp3) is 0. The summed E-state index contributed by atoms with van der Waals surface area (Å²) >= 11 is 0. The van der Waals surface area contributed by atoms with Crippen LogP contribution in [0.5, 0.6) is 0 Å². The van der Waals surface area contributed by atoms with Crippen molar-refractivity contribution < 1.29 is 0 Å². The molecule has 1 aromatic heterocycles. The highest BCUT2D eigenvalue weighted by molar-refractivity contribution is 6.22. The summed E-state index contributed by atoms with van der Waals surface area (Å²) < 4.78 is 2.46. The van der Waals surface area contributed by atoms with Crippen molar-refractivity contribution in [1.29, 1.82) is 0 Å². The molecule has 0 aliphatic rings. The highest BCUT2D eigenvalue weighted by atomic mass is 15.1. The second kappa shape index (κ2) is 12.5. The fourth-order valence-electron chi connectivity index (χ4n) is 7.97. The Bertz CT molecular complexity index is 2890. The molecule has 9 aromatic carbocycles. The molecule has 0 fully saturated rings. The maximum Gasteiger partial charge on any atom is 0.0547 e. The summed E-state index contributed by atoms with van der Waals surface area (Å²) in [5, 5.41) is 7.47. The molecule has 0 aliphatic heterocycles. The molecule has 10 rings (SSSR count). The van der Waals surface area contributed by atoms with E-state index < -0.39 is 0 Å². The number of rotatable bonds is 6. The lowest BCUT2D eigenvalue weighted by molar-refractivity contribution is 1.19. The van der Waals surface area contributed by atoms with Crippen LogP contribution in [0.2, 0.25) is 0 Å². The van der Waals surface area contributed by atoms with Crippen LogP contribution in [0, 0.1) is 0 Å². The molecule has 0 saturated carbocycles. The predicted octanol–water partition coefficient (Wildman–Crippen LogP) is 13.9. The topological polar surface area (TPSA) is 8.17 Å². The summed E-state index contributed by atoms with van der Waals surface area (Å²) in [5.74, 6) is 0. The predicted molar refractivity (Wildman–Crippen MR) is 221 cm³/mol. The van der Waals surface area contributed by atoms with Crippen molar-refractivity contribution in [1.82, 2.24) is 4.57 Å². The van der Waals surface area contributed by atoms with E-state index in [-0.39, 0.29) is 0 Å². The van der Waals surface area contributed by atoms with E-state index in [4.69, 9.17) is 0 Å². The number of anilines is 3. The maximum atomic E-state index is 2.46. The molecule has 0 saturated heterocycles. The molecule has 0 radical (unpaired) electrons. The van der Waals surface area contributed by atoms with Gasteiger partial charge in [0.15, 0.2) is 0 Å². The van der Waals surface area contributed by atoms with Gasteiger partial charge in [-0.2, -0.15) is 0 Å². The summed E-state index contributed by atoms with van der Waals surface area (Å²) in [6, 6.07) is 74.6. The number of hydrogen-bond acceptors (Lipinski definition) is 1. The van der Waals surface area contributed by atoms with Crippen molar-refractivity contribution in [3.8, 4) is 27.9 Å². The van der Waals surface area contributed by atoms with Gasteiger partial charge in [-0.25, -0.2) is 0 Å². The zero-order valence-corrected chi connectivity index (χ0v) is 28.5. The van der Waals surface area contributed by atoms with Crippen LogP contribution in [0.3, 0.4) is 0 Å². The summed E-state index contributed by atoms with van der Waals surface area (Å²) in [6.45, 7) is 0. The highest BCUT2D eigenvalue weighted by Crippen LogP contribution is 2.44. The zero-order valence-electron chi connectivity index (χ0n) is 28.5. The summed E-state index contributed by atoms with van der Waals surface area (Å²) in [5.41, 5.74) is 11.7. The standard InChI is InChI=1S/C50H34N2/c1-3-14-35(15-4-1)37-26-29-40(30-27-37)51(41-20-13-19-39(34-41)36-16-5-2-6-17-36)47-32-33-48(44-23-10-9-22-43(44)47)52-46-25-12-11-24-45(46)50-42-21-8-7-18-38(42)28-31-49(50)52/h1-34H. The minimum absolute atomic E-state index is 1.10. The first kappa shape index (κ1) is 30.0. The summed E-state index contributed by atoms with van der Waals surface area (Å²) in [4.78, 5) is 2.41. The molecule has 0 spiro atoms. The minimum atomic E-state index is 1.10. The third kappa shape index (κ3) is 4.96. The van der Waals surface area contributed by atoms with Crippen molar-refractivity contribution in [3.05, 3.63) is 206 Å². The molecule has 1 heterocycles. The molecule has 0 atom stereocenters. The van der Waals surface area contributed by atoms with Crippen molar-refractivity contribution in [2.45, 2.75) is 0 Å². The van der Waals surface area contributed by atoms with Gasteiger partial charge in [-0.1, -0.05) is 158 Å². The van der Waals surface area contributed by atoms with E-state index in [0.29, 0.717) is 0 Å². The molecule has 0 N–H and O–H groups in total. The summed E-state index contributed by atoms with van der Waals surface area (Å²) in [6.07, 6.45) is 0. The van der Waals surface area contributed by atoms with Crippen LogP contribution in [-0.4, -0.2) is 4.57 Å². The van der Waals surface area contributed by atoms with Crippen molar-refractivity contribution in [2.24, 2.45) is 0 Å². The zero-order chi connectivity index (χ0) is 34.4. The number of hydrogen-bond donors (Lipinski definition) is 0. The smallest absolute Gasteiger partial charge is 0.0547 e. The Kier molecular flexibility index (Phi) is 7.18. The van der Waals surface area contributed by atoms with Gasteiger partial charge in [-0.15, -0.1) is 0 Å². The lowest BCUT2D eigenvalue weighted by Crippen LogP contribution is -2.11. The number of aromatic nitrogens is 1. The minimum Gasteiger partial charge on any atom is -0.310 e. The van der Waals surface area contributed by atoms with Gasteiger partial charge < -0.3 is 9.47 Å². The van der Waals surface area contributed by atoms with Gasteiger partial charge in [0.1, 0.15) is 0 Å². The monoisotopic (exact) mass is 662 g/mol. The first-order valence-corrected chi connectivity index (χ1v) is 17.9. The molecule has 10 aromatic rings. The van der Waals surface area contributed by atoms with Gasteiger partial charge in [0.05, 0.1) is 22.4 Å². The van der Waals surface area contributed by atoms with Crippen molar-refractivity contribution in [3.63, 3.8) is 0 Å². The first-order chi connectivity index (χ1) is 25.8. The Labute approximate surface area is 303 Å². The Morgan fingerprint density at radius 3 is 1.69 bits per heavy atom. The lowest BCUT2D eigenvalue weighted by Gasteiger charge is -2.28. The Morgan fingerprint density at radius 2 is 0.923 bits per heavy atom. The highest BCUT2D eigenvalue weighted by Gasteiger charge is 2.21. The average Bonchev–Trinajstić information content (AvgIpc) is 3.57. The van der Waals surface area contributed by atoms with Crippen LogP contribution in [-0.2, 0) is 0 Å². The third-order valence-electron chi connectivity index (χ3n) is 10.4. The van der Waals surface area contributed by atoms with Gasteiger partial charge in [-0.05, 0) is 81.6 Å². The normalized spacial score (nSPS) is 11.5. The Morgan fingerprint density at radius 1 is 0.327 bits per heavy atom. The van der Waals surface area contributed by atoms with Crippen LogP contribution in [0.15, 0.2) is 206 Å². The first-order valence-electron chi connectivity index (χ1n) is 17.9. The average molecular weight is 663 g/mol. The quantitative estimate of drug-likeness (QED) is 0.172. The van der Waals surface area contributed by atoms with Crippen LogP contribution in [0.1, 0.15) is 0 Å². The van der Waals surface area contributed by atoms with Crippen molar-refractivity contribution in [2.75, 3.05) is 4.90 Å². The van der Waals surface area contributed by atoms with Crippen LogP contribution in [0.4, 0.5) is 17.1 Å². The second-order valence-corrected chi connectivity index (χ2v) is 13.3. The van der Waals surface area contributed by atoms with Gasteiger partial charge in [-0.3, -0.25) is 0 Å². The SMILES string of the molecule is c1ccc(-c2ccc(N(c3cccc(-c4ccccc4)c3)c3ccc(-n4c5ccccc5c5c6ccccc6ccc54)c4ccccc34)cc2)cc1. The maximum absolute atomic E-state index is 2.46. The Balaban J connectivity index is 1.21. The van der Waals surface area contributed by atoms with E-state index in [1.807, 2.05) is 0 Å². The van der Waals surface area contributed by atoms with Crippen molar-refractivity contribution >= 4 is 60.4 Å². The fourth-order valence-corrected chi connectivity index (χ4v) is 7.97. The van der Waals surface area contributed by atoms with E-state index in [0.717, 1.165) is 17.1 Å². The molecule has 0 bridgehead atoms. The van der Waals surface area contributed by atoms with E-state index in [1.54, 1.807) is 0 Å². The number of fused-ring (bicyclic) bond motifs is 6. The molecular weight excluding hydrogens is 629 g/mol. The molecule has 52 heavy (non-hydrogen) atoms. The largest absolute Gasteiger partial charge is 0.310 e. The van der Waals surface area contributed by atoms with Crippen LogP contribution >= 0.6 is 0 Å². The Hall–Kier alpha value is -6.90. The lowest BCUT2D eigenvalue weighted by atomic mass is 10.0. The molecule has 2 nitrogen and oxygen atoms in total. The van der Waals surface area contributed by atoms with Gasteiger partial charge >= 0.3 is 0 Å². The molecular formula is C50H34N2. The van der Waals surface area contributed by atoms with E-state index in [2.05, 4.69) is 216 Å². The second-order valence-electron chi connectivity index (χ2n) is 13.3. The van der Waals surface area contributed by atoms with E-state index in [9.17, 15) is 0 Å². The molecule has 0 amide bonds. The number of benzene rings is 9. The van der Waals surface area contributed by atoms with Crippen LogP contribution in [0.25, 0.3) is 71.3 Å². The number of para-hydroxylation sites is 1.